The van der Waals surface area contributed by atoms with Gasteiger partial charge in [0.05, 0.1) is 17.7 Å². The maximum atomic E-state index is 10.0. The fraction of sp³-hybridized carbons (Fsp3) is 0.312. The Morgan fingerprint density at radius 3 is 2.77 bits per heavy atom. The van der Waals surface area contributed by atoms with Crippen LogP contribution in [-0.2, 0) is 0 Å². The van der Waals surface area contributed by atoms with Gasteiger partial charge >= 0.3 is 0 Å². The number of rotatable bonds is 2. The molecule has 5 nitrogen and oxygen atoms in total. The maximum Gasteiger partial charge on any atom is 0.162 e. The second kappa shape index (κ2) is 6.15. The van der Waals surface area contributed by atoms with Crippen molar-refractivity contribution in [2.45, 2.75) is 23.7 Å². The van der Waals surface area contributed by atoms with Crippen molar-refractivity contribution in [3.05, 3.63) is 42.0 Å². The van der Waals surface area contributed by atoms with Crippen molar-refractivity contribution in [1.29, 1.82) is 5.26 Å². The van der Waals surface area contributed by atoms with Gasteiger partial charge in [-0.1, -0.05) is 12.1 Å². The first kappa shape index (κ1) is 15.1. The highest BCUT2D eigenvalue weighted by molar-refractivity contribution is 7.99. The molecule has 0 aromatic heterocycles. The van der Waals surface area contributed by atoms with E-state index in [-0.39, 0.29) is 5.75 Å². The molecule has 114 valence electrons. The van der Waals surface area contributed by atoms with Crippen LogP contribution in [0.15, 0.2) is 36.4 Å². The quantitative estimate of drug-likeness (QED) is 0.772. The Kier molecular flexibility index (Phi) is 4.23. The molecule has 0 amide bonds. The molecule has 1 aliphatic heterocycles. The van der Waals surface area contributed by atoms with E-state index in [4.69, 9.17) is 10.00 Å². The lowest BCUT2D eigenvalue weighted by molar-refractivity contribution is -0.0716. The van der Waals surface area contributed by atoms with Gasteiger partial charge in [0.25, 0.3) is 0 Å². The minimum Gasteiger partial charge on any atom is -0.483 e. The molecular formula is C16H15NO4S. The van der Waals surface area contributed by atoms with Gasteiger partial charge in [0, 0.05) is 11.1 Å². The van der Waals surface area contributed by atoms with Gasteiger partial charge in [-0.05, 0) is 29.7 Å². The molecule has 1 saturated heterocycles. The second-order valence-corrected chi connectivity index (χ2v) is 6.32. The molecule has 4 atom stereocenters. The lowest BCUT2D eigenvalue weighted by Crippen LogP contribution is -2.51. The number of thioether (sulfide) groups is 1. The van der Waals surface area contributed by atoms with Gasteiger partial charge in [-0.15, -0.1) is 11.8 Å². The molecule has 0 radical (unpaired) electrons. The zero-order valence-electron chi connectivity index (χ0n) is 11.6. The van der Waals surface area contributed by atoms with Crippen molar-refractivity contribution >= 4 is 22.5 Å². The standard InChI is InChI=1S/C16H15NO4S/c17-7-9-4-5-11-10(6-9)2-1-3-13(11)21-15-14(19)12(18)8-22-16(15)20/h1-6,12,14-16,18-20H,8H2/t12-,14+,15-,16+/m1/s1. The van der Waals surface area contributed by atoms with Crippen molar-refractivity contribution in [3.8, 4) is 11.8 Å². The minimum atomic E-state index is -1.15. The van der Waals surface area contributed by atoms with E-state index >= 15 is 0 Å². The van der Waals surface area contributed by atoms with E-state index in [1.165, 1.54) is 0 Å². The number of hydrogen-bond donors (Lipinski definition) is 3. The summed E-state index contributed by atoms with van der Waals surface area (Å²) in [5.74, 6) is 0.767. The minimum absolute atomic E-state index is 0.267. The molecule has 0 aliphatic carbocycles. The molecule has 2 aromatic rings. The molecule has 2 aromatic carbocycles. The van der Waals surface area contributed by atoms with Crippen LogP contribution >= 0.6 is 11.8 Å². The fourth-order valence-electron chi connectivity index (χ4n) is 2.48. The van der Waals surface area contributed by atoms with Crippen molar-refractivity contribution in [2.75, 3.05) is 5.75 Å². The van der Waals surface area contributed by atoms with Crippen molar-refractivity contribution in [2.24, 2.45) is 0 Å². The van der Waals surface area contributed by atoms with Crippen LogP contribution in [0.25, 0.3) is 10.8 Å². The molecule has 1 fully saturated rings. The highest BCUT2D eigenvalue weighted by Crippen LogP contribution is 2.32. The topological polar surface area (TPSA) is 93.7 Å². The summed E-state index contributed by atoms with van der Waals surface area (Å²) in [4.78, 5) is 0. The Bertz CT molecular complexity index is 730. The predicted molar refractivity (Wildman–Crippen MR) is 83.6 cm³/mol. The molecule has 0 spiro atoms. The first-order valence-corrected chi connectivity index (χ1v) is 7.90. The molecule has 3 rings (SSSR count). The number of aliphatic hydroxyl groups excluding tert-OH is 3. The predicted octanol–water partition coefficient (Wildman–Crippen LogP) is 1.25. The van der Waals surface area contributed by atoms with Crippen LogP contribution in [0, 0.1) is 11.3 Å². The van der Waals surface area contributed by atoms with E-state index in [9.17, 15) is 15.3 Å². The van der Waals surface area contributed by atoms with E-state index in [1.54, 1.807) is 30.3 Å². The fourth-order valence-corrected chi connectivity index (χ4v) is 3.48. The average Bonchev–Trinajstić information content (AvgIpc) is 2.54. The first-order valence-electron chi connectivity index (χ1n) is 6.85. The van der Waals surface area contributed by atoms with Crippen LogP contribution in [0.1, 0.15) is 5.56 Å². The van der Waals surface area contributed by atoms with Gasteiger partial charge in [-0.25, -0.2) is 0 Å². The summed E-state index contributed by atoms with van der Waals surface area (Å²) in [5, 5.41) is 40.3. The van der Waals surface area contributed by atoms with Gasteiger partial charge < -0.3 is 20.1 Å². The number of hydrogen-bond acceptors (Lipinski definition) is 6. The summed E-state index contributed by atoms with van der Waals surface area (Å²) in [5.41, 5.74) is -0.361. The third-order valence-corrected chi connectivity index (χ3v) is 4.83. The van der Waals surface area contributed by atoms with Crippen LogP contribution in [0.2, 0.25) is 0 Å². The van der Waals surface area contributed by atoms with E-state index in [2.05, 4.69) is 6.07 Å². The van der Waals surface area contributed by atoms with E-state index in [1.807, 2.05) is 6.07 Å². The normalized spacial score (nSPS) is 28.3. The summed E-state index contributed by atoms with van der Waals surface area (Å²) in [6, 6.07) is 12.7. The molecule has 0 bridgehead atoms. The summed E-state index contributed by atoms with van der Waals surface area (Å²) in [7, 11) is 0. The first-order chi connectivity index (χ1) is 10.6. The number of ether oxygens (including phenoxy) is 1. The maximum absolute atomic E-state index is 10.0. The Morgan fingerprint density at radius 1 is 1.18 bits per heavy atom. The largest absolute Gasteiger partial charge is 0.483 e. The van der Waals surface area contributed by atoms with Gasteiger partial charge in [0.15, 0.2) is 6.10 Å². The van der Waals surface area contributed by atoms with Gasteiger partial charge in [0.2, 0.25) is 0 Å². The highest BCUT2D eigenvalue weighted by Gasteiger charge is 2.39. The summed E-state index contributed by atoms with van der Waals surface area (Å²) in [6.07, 6.45) is -2.99. The summed E-state index contributed by atoms with van der Waals surface area (Å²) in [6.45, 7) is 0. The molecule has 22 heavy (non-hydrogen) atoms. The Hall–Kier alpha value is -1.78. The lowest BCUT2D eigenvalue weighted by atomic mass is 10.1. The van der Waals surface area contributed by atoms with Gasteiger partial charge in [-0.2, -0.15) is 5.26 Å². The van der Waals surface area contributed by atoms with Crippen LogP contribution in [0.4, 0.5) is 0 Å². The van der Waals surface area contributed by atoms with Crippen LogP contribution in [-0.4, -0.2) is 44.8 Å². The SMILES string of the molecule is N#Cc1ccc2c(O[C@@H]3[C@@H](O)[C@H](O)CS[C@@H]3O)cccc2c1. The summed E-state index contributed by atoms with van der Waals surface area (Å²) >= 11 is 1.15. The zero-order chi connectivity index (χ0) is 15.7. The smallest absolute Gasteiger partial charge is 0.162 e. The number of nitriles is 1. The third kappa shape index (κ3) is 2.76. The zero-order valence-corrected chi connectivity index (χ0v) is 12.4. The number of aliphatic hydroxyl groups is 3. The molecule has 3 N–H and O–H groups in total. The van der Waals surface area contributed by atoms with E-state index < -0.39 is 23.7 Å². The molecule has 6 heteroatoms. The monoisotopic (exact) mass is 317 g/mol. The molecular weight excluding hydrogens is 302 g/mol. The van der Waals surface area contributed by atoms with E-state index in [0.717, 1.165) is 22.5 Å². The lowest BCUT2D eigenvalue weighted by Gasteiger charge is -2.35. The van der Waals surface area contributed by atoms with Crippen molar-refractivity contribution < 1.29 is 20.1 Å². The molecule has 0 unspecified atom stereocenters. The van der Waals surface area contributed by atoms with E-state index in [0.29, 0.717) is 11.3 Å². The van der Waals surface area contributed by atoms with Crippen LogP contribution in [0.5, 0.6) is 5.75 Å². The molecule has 1 aliphatic rings. The number of benzene rings is 2. The number of fused-ring (bicyclic) bond motifs is 1. The average molecular weight is 317 g/mol. The second-order valence-electron chi connectivity index (χ2n) is 5.17. The molecule has 1 heterocycles. The Morgan fingerprint density at radius 2 is 2.00 bits per heavy atom. The van der Waals surface area contributed by atoms with Crippen LogP contribution in [0.3, 0.4) is 0 Å². The third-order valence-electron chi connectivity index (χ3n) is 3.68. The summed E-state index contributed by atoms with van der Waals surface area (Å²) < 4.78 is 5.77. The molecule has 0 saturated carbocycles. The van der Waals surface area contributed by atoms with Gasteiger partial charge in [0.1, 0.15) is 17.3 Å². The van der Waals surface area contributed by atoms with Gasteiger partial charge in [-0.3, -0.25) is 0 Å². The van der Waals surface area contributed by atoms with Crippen molar-refractivity contribution in [1.82, 2.24) is 0 Å². The Labute approximate surface area is 131 Å². The Balaban J connectivity index is 1.95. The number of nitrogens with zero attached hydrogens (tertiary/aromatic N) is 1. The van der Waals surface area contributed by atoms with Crippen LogP contribution < -0.4 is 4.74 Å². The van der Waals surface area contributed by atoms with Crippen molar-refractivity contribution in [3.63, 3.8) is 0 Å². The highest BCUT2D eigenvalue weighted by atomic mass is 32.2.